The zero-order chi connectivity index (χ0) is 22.2. The molecule has 1 fully saturated rings. The number of fused-ring (bicyclic) bond motifs is 1. The molecule has 3 heterocycles. The van der Waals surface area contributed by atoms with Gasteiger partial charge in [-0.1, -0.05) is 29.3 Å². The van der Waals surface area contributed by atoms with Crippen LogP contribution in [-0.2, 0) is 17.1 Å². The maximum atomic E-state index is 12.8. The van der Waals surface area contributed by atoms with E-state index in [2.05, 4.69) is 9.71 Å². The molecule has 0 atom stereocenters. The van der Waals surface area contributed by atoms with E-state index in [1.54, 1.807) is 29.8 Å². The number of nitrogens with one attached hydrogen (secondary N) is 1. The van der Waals surface area contributed by atoms with Gasteiger partial charge >= 0.3 is 0 Å². The Morgan fingerprint density at radius 3 is 2.55 bits per heavy atom. The maximum Gasteiger partial charge on any atom is 0.292 e. The van der Waals surface area contributed by atoms with E-state index in [1.807, 2.05) is 16.7 Å². The monoisotopic (exact) mass is 499 g/mol. The summed E-state index contributed by atoms with van der Waals surface area (Å²) in [7, 11) is -2.25. The zero-order valence-electron chi connectivity index (χ0n) is 16.5. The molecular weight excluding hydrogens is 481 g/mol. The summed E-state index contributed by atoms with van der Waals surface area (Å²) < 4.78 is 30.5. The molecule has 2 aromatic heterocycles. The van der Waals surface area contributed by atoms with Gasteiger partial charge in [0.1, 0.15) is 5.69 Å². The van der Waals surface area contributed by atoms with E-state index < -0.39 is 10.0 Å². The number of hydrogen-bond acceptors (Lipinski definition) is 6. The van der Waals surface area contributed by atoms with Crippen molar-refractivity contribution >= 4 is 68.1 Å². The maximum absolute atomic E-state index is 12.8. The van der Waals surface area contributed by atoms with E-state index in [-0.39, 0.29) is 11.2 Å². The van der Waals surface area contributed by atoms with Gasteiger partial charge in [0.05, 0.1) is 23.5 Å². The molecule has 0 spiro atoms. The van der Waals surface area contributed by atoms with Crippen molar-refractivity contribution in [3.63, 3.8) is 0 Å². The number of halogens is 2. The predicted octanol–water partition coefficient (Wildman–Crippen LogP) is 3.31. The quantitative estimate of drug-likeness (QED) is 0.579. The molecule has 1 aliphatic rings. The fourth-order valence-corrected chi connectivity index (χ4v) is 5.55. The molecule has 1 N–H and O–H groups in total. The Morgan fingerprint density at radius 1 is 1.19 bits per heavy atom. The molecule has 1 saturated heterocycles. The van der Waals surface area contributed by atoms with Gasteiger partial charge in [-0.2, -0.15) is 11.8 Å². The van der Waals surface area contributed by atoms with Crippen LogP contribution in [0, 0.1) is 0 Å². The Kier molecular flexibility index (Phi) is 6.25. The molecule has 0 amide bonds. The molecule has 0 unspecified atom stereocenters. The summed E-state index contributed by atoms with van der Waals surface area (Å²) in [4.78, 5) is 19.2. The van der Waals surface area contributed by atoms with Gasteiger partial charge in [0.25, 0.3) is 15.6 Å². The number of nitrogens with zero attached hydrogens (tertiary/aromatic N) is 4. The topological polar surface area (TPSA) is 88.7 Å². The zero-order valence-corrected chi connectivity index (χ0v) is 19.6. The highest BCUT2D eigenvalue weighted by molar-refractivity contribution is 7.99. The van der Waals surface area contributed by atoms with Crippen LogP contribution in [0.5, 0.6) is 0 Å². The van der Waals surface area contributed by atoms with E-state index in [0.29, 0.717) is 26.9 Å². The average molecular weight is 500 g/mol. The molecule has 0 radical (unpaired) electrons. The third-order valence-electron chi connectivity index (χ3n) is 4.84. The molecule has 164 valence electrons. The van der Waals surface area contributed by atoms with Gasteiger partial charge in [-0.05, 0) is 18.2 Å². The predicted molar refractivity (Wildman–Crippen MR) is 128 cm³/mol. The molecule has 1 aliphatic heterocycles. The van der Waals surface area contributed by atoms with E-state index in [9.17, 15) is 13.2 Å². The highest BCUT2D eigenvalue weighted by Gasteiger charge is 2.22. The summed E-state index contributed by atoms with van der Waals surface area (Å²) in [5, 5.41) is 1.66. The first-order chi connectivity index (χ1) is 14.8. The van der Waals surface area contributed by atoms with Crippen molar-refractivity contribution in [1.82, 2.24) is 14.2 Å². The summed E-state index contributed by atoms with van der Waals surface area (Å²) in [6.45, 7) is 1.54. The minimum atomic E-state index is -3.87. The van der Waals surface area contributed by atoms with Crippen molar-refractivity contribution in [3.05, 3.63) is 62.0 Å². The fraction of sp³-hybridized carbons (Fsp3) is 0.263. The van der Waals surface area contributed by atoms with Crippen molar-refractivity contribution in [2.45, 2.75) is 0 Å². The van der Waals surface area contributed by atoms with Crippen LogP contribution >= 0.6 is 35.0 Å². The Balaban J connectivity index is 1.64. The van der Waals surface area contributed by atoms with E-state index >= 15 is 0 Å². The molecule has 0 aliphatic carbocycles. The van der Waals surface area contributed by atoms with Gasteiger partial charge in [0, 0.05) is 47.3 Å². The summed E-state index contributed by atoms with van der Waals surface area (Å²) in [5.74, 6) is 1.89. The third kappa shape index (κ3) is 4.57. The van der Waals surface area contributed by atoms with Crippen LogP contribution in [0.3, 0.4) is 0 Å². The normalized spacial score (nSPS) is 15.1. The molecule has 8 nitrogen and oxygen atoms in total. The number of benzene rings is 1. The number of thioether (sulfide) groups is 1. The standard InChI is InChI=1S/C19H19Cl2N5O3S2/c1-24-19(27)17(25-6-8-30-9-7-25)18-22-11-13(12-26(18)24)23-31(28,29)10-5-14-15(20)3-2-4-16(14)21/h2-5,10-12,23H,6-9H2,1H3. The fourth-order valence-electron chi connectivity index (χ4n) is 3.30. The van der Waals surface area contributed by atoms with Crippen LogP contribution in [0.1, 0.15) is 5.56 Å². The number of aromatic nitrogens is 3. The van der Waals surface area contributed by atoms with Crippen LogP contribution in [0.15, 0.2) is 40.8 Å². The SMILES string of the molecule is Cn1c(=O)c(N2CCSCC2)c2ncc(NS(=O)(=O)C=Cc3c(Cl)cccc3Cl)cn21. The minimum Gasteiger partial charge on any atom is -0.362 e. The van der Waals surface area contributed by atoms with E-state index in [4.69, 9.17) is 23.2 Å². The summed E-state index contributed by atoms with van der Waals surface area (Å²) in [6, 6.07) is 4.92. The van der Waals surface area contributed by atoms with Crippen molar-refractivity contribution in [2.75, 3.05) is 34.2 Å². The van der Waals surface area contributed by atoms with Gasteiger partial charge in [0.2, 0.25) is 0 Å². The minimum absolute atomic E-state index is 0.173. The van der Waals surface area contributed by atoms with Crippen LogP contribution in [0.2, 0.25) is 10.0 Å². The first-order valence-electron chi connectivity index (χ1n) is 9.32. The summed E-state index contributed by atoms with van der Waals surface area (Å²) >= 11 is 14.0. The summed E-state index contributed by atoms with van der Waals surface area (Å²) in [5.41, 5.74) is 1.47. The van der Waals surface area contributed by atoms with Crippen LogP contribution in [0.25, 0.3) is 11.7 Å². The van der Waals surface area contributed by atoms with Crippen LogP contribution < -0.4 is 15.2 Å². The largest absolute Gasteiger partial charge is 0.362 e. The van der Waals surface area contributed by atoms with Gasteiger partial charge < -0.3 is 4.90 Å². The van der Waals surface area contributed by atoms with Crippen molar-refractivity contribution in [1.29, 1.82) is 0 Å². The molecule has 4 rings (SSSR count). The lowest BCUT2D eigenvalue weighted by Crippen LogP contribution is -2.35. The third-order valence-corrected chi connectivity index (χ3v) is 7.45. The molecular formula is C19H19Cl2N5O3S2. The van der Waals surface area contributed by atoms with Gasteiger partial charge in [-0.3, -0.25) is 9.52 Å². The number of anilines is 2. The molecule has 3 aromatic rings. The van der Waals surface area contributed by atoms with Crippen molar-refractivity contribution < 1.29 is 8.42 Å². The second-order valence-corrected chi connectivity index (χ2v) is 10.5. The lowest BCUT2D eigenvalue weighted by atomic mass is 10.2. The number of aryl methyl sites for hydroxylation is 1. The first-order valence-corrected chi connectivity index (χ1v) is 12.8. The number of rotatable bonds is 5. The van der Waals surface area contributed by atoms with Crippen LogP contribution in [-0.4, -0.2) is 47.2 Å². The molecule has 1 aromatic carbocycles. The lowest BCUT2D eigenvalue weighted by molar-refractivity contribution is 0.609. The number of sulfonamides is 1. The molecule has 12 heteroatoms. The van der Waals surface area contributed by atoms with Gasteiger partial charge in [0.15, 0.2) is 5.65 Å². The first kappa shape index (κ1) is 22.1. The average Bonchev–Trinajstić information content (AvgIpc) is 2.98. The van der Waals surface area contributed by atoms with E-state index in [0.717, 1.165) is 30.0 Å². The van der Waals surface area contributed by atoms with Gasteiger partial charge in [-0.15, -0.1) is 0 Å². The second kappa shape index (κ2) is 8.78. The van der Waals surface area contributed by atoms with Crippen molar-refractivity contribution in [2.24, 2.45) is 7.05 Å². The molecule has 0 bridgehead atoms. The Labute approximate surface area is 193 Å². The second-order valence-electron chi connectivity index (χ2n) is 6.87. The molecule has 31 heavy (non-hydrogen) atoms. The number of hydrogen-bond donors (Lipinski definition) is 1. The highest BCUT2D eigenvalue weighted by atomic mass is 35.5. The highest BCUT2D eigenvalue weighted by Crippen LogP contribution is 2.26. The van der Waals surface area contributed by atoms with Crippen molar-refractivity contribution in [3.8, 4) is 0 Å². The van der Waals surface area contributed by atoms with E-state index in [1.165, 1.54) is 23.2 Å². The Hall–Kier alpha value is -2.14. The summed E-state index contributed by atoms with van der Waals surface area (Å²) in [6.07, 6.45) is 4.25. The Morgan fingerprint density at radius 2 is 1.87 bits per heavy atom. The lowest BCUT2D eigenvalue weighted by Gasteiger charge is -2.26. The van der Waals surface area contributed by atoms with Gasteiger partial charge in [-0.25, -0.2) is 22.6 Å². The Bertz CT molecular complexity index is 1310. The smallest absolute Gasteiger partial charge is 0.292 e. The molecule has 0 saturated carbocycles. The van der Waals surface area contributed by atoms with Crippen LogP contribution in [0.4, 0.5) is 11.4 Å².